The van der Waals surface area contributed by atoms with Crippen LogP contribution in [0.1, 0.15) is 29.2 Å². The summed E-state index contributed by atoms with van der Waals surface area (Å²) < 4.78 is 13.2. The average Bonchev–Trinajstić information content (AvgIpc) is 2.43. The van der Waals surface area contributed by atoms with Gasteiger partial charge in [-0.05, 0) is 47.7 Å². The van der Waals surface area contributed by atoms with Crippen molar-refractivity contribution < 1.29 is 4.39 Å². The lowest BCUT2D eigenvalue weighted by Crippen LogP contribution is -2.13. The first-order valence-electron chi connectivity index (χ1n) is 6.72. The molecule has 0 aliphatic carbocycles. The molecule has 0 bridgehead atoms. The van der Waals surface area contributed by atoms with E-state index in [1.807, 2.05) is 13.0 Å². The third-order valence-electron chi connectivity index (χ3n) is 3.39. The molecular weight excluding hydrogens is 237 g/mol. The van der Waals surface area contributed by atoms with Gasteiger partial charge in [-0.25, -0.2) is 4.39 Å². The molecule has 1 N–H and O–H groups in total. The fraction of sp³-hybridized carbons (Fsp3) is 0.294. The van der Waals surface area contributed by atoms with Gasteiger partial charge in [-0.2, -0.15) is 0 Å². The van der Waals surface area contributed by atoms with Crippen molar-refractivity contribution in [1.82, 2.24) is 5.32 Å². The molecule has 0 heterocycles. The predicted octanol–water partition coefficient (Wildman–Crippen LogP) is 3.99. The zero-order chi connectivity index (χ0) is 13.7. The highest BCUT2D eigenvalue weighted by atomic mass is 19.1. The van der Waals surface area contributed by atoms with Crippen LogP contribution in [-0.4, -0.2) is 0 Å². The van der Waals surface area contributed by atoms with Gasteiger partial charge < -0.3 is 5.32 Å². The summed E-state index contributed by atoms with van der Waals surface area (Å²) in [6, 6.07) is 13.5. The molecule has 0 aliphatic rings. The maximum atomic E-state index is 13.2. The molecule has 0 aliphatic heterocycles. The molecule has 0 unspecified atom stereocenters. The Morgan fingerprint density at radius 1 is 0.947 bits per heavy atom. The first-order chi connectivity index (χ1) is 9.19. The summed E-state index contributed by atoms with van der Waals surface area (Å²) in [4.78, 5) is 0. The number of rotatable bonds is 5. The first kappa shape index (κ1) is 13.8. The summed E-state index contributed by atoms with van der Waals surface area (Å²) in [6.07, 6.45) is 1.07. The summed E-state index contributed by atoms with van der Waals surface area (Å²) in [7, 11) is 0. The fourth-order valence-corrected chi connectivity index (χ4v) is 2.06. The zero-order valence-corrected chi connectivity index (χ0v) is 11.5. The Balaban J connectivity index is 1.90. The number of benzene rings is 2. The van der Waals surface area contributed by atoms with Crippen LogP contribution in [0.25, 0.3) is 0 Å². The van der Waals surface area contributed by atoms with E-state index >= 15 is 0 Å². The Bertz CT molecular complexity index is 531. The van der Waals surface area contributed by atoms with Gasteiger partial charge in [-0.3, -0.25) is 0 Å². The quantitative estimate of drug-likeness (QED) is 0.854. The molecule has 0 spiro atoms. The first-order valence-corrected chi connectivity index (χ1v) is 6.72. The topological polar surface area (TPSA) is 12.0 Å². The summed E-state index contributed by atoms with van der Waals surface area (Å²) in [5.74, 6) is -0.172. The normalized spacial score (nSPS) is 10.7. The Labute approximate surface area is 114 Å². The van der Waals surface area contributed by atoms with E-state index in [-0.39, 0.29) is 5.82 Å². The van der Waals surface area contributed by atoms with Crippen molar-refractivity contribution in [3.8, 4) is 0 Å². The second kappa shape index (κ2) is 6.48. The smallest absolute Gasteiger partial charge is 0.123 e. The lowest BCUT2D eigenvalue weighted by molar-refractivity contribution is 0.619. The van der Waals surface area contributed by atoms with Gasteiger partial charge in [0.1, 0.15) is 5.82 Å². The van der Waals surface area contributed by atoms with Gasteiger partial charge in [0.15, 0.2) is 0 Å². The van der Waals surface area contributed by atoms with Crippen molar-refractivity contribution in [3.63, 3.8) is 0 Å². The van der Waals surface area contributed by atoms with E-state index < -0.39 is 0 Å². The van der Waals surface area contributed by atoms with Crippen LogP contribution in [-0.2, 0) is 19.5 Å². The van der Waals surface area contributed by atoms with E-state index in [1.54, 1.807) is 6.07 Å². The fourth-order valence-electron chi connectivity index (χ4n) is 2.06. The molecule has 0 saturated carbocycles. The van der Waals surface area contributed by atoms with Crippen LogP contribution >= 0.6 is 0 Å². The van der Waals surface area contributed by atoms with Crippen molar-refractivity contribution >= 4 is 0 Å². The van der Waals surface area contributed by atoms with Crippen LogP contribution in [0.15, 0.2) is 42.5 Å². The number of aryl methyl sites for hydroxylation is 2. The van der Waals surface area contributed by atoms with E-state index in [0.717, 1.165) is 24.1 Å². The largest absolute Gasteiger partial charge is 0.309 e. The molecule has 0 atom stereocenters. The second-order valence-electron chi connectivity index (χ2n) is 4.84. The third-order valence-corrected chi connectivity index (χ3v) is 3.39. The van der Waals surface area contributed by atoms with Crippen molar-refractivity contribution in [2.24, 2.45) is 0 Å². The van der Waals surface area contributed by atoms with Gasteiger partial charge in [0.05, 0.1) is 0 Å². The predicted molar refractivity (Wildman–Crippen MR) is 77.5 cm³/mol. The minimum Gasteiger partial charge on any atom is -0.309 e. The summed E-state index contributed by atoms with van der Waals surface area (Å²) >= 11 is 0. The van der Waals surface area contributed by atoms with Crippen molar-refractivity contribution in [1.29, 1.82) is 0 Å². The molecule has 0 aromatic heterocycles. The number of nitrogens with one attached hydrogen (secondary N) is 1. The minimum absolute atomic E-state index is 0.172. The molecule has 0 radical (unpaired) electrons. The standard InChI is InChI=1S/C17H20FN/c1-3-14-5-7-15(8-6-14)11-19-12-16-10-17(18)9-4-13(16)2/h4-10,19H,3,11-12H2,1-2H3. The molecule has 2 aromatic carbocycles. The van der Waals surface area contributed by atoms with Crippen LogP contribution in [0.4, 0.5) is 4.39 Å². The van der Waals surface area contributed by atoms with E-state index in [1.165, 1.54) is 17.2 Å². The van der Waals surface area contributed by atoms with E-state index in [0.29, 0.717) is 6.54 Å². The summed E-state index contributed by atoms with van der Waals surface area (Å²) in [5, 5.41) is 3.36. The van der Waals surface area contributed by atoms with Crippen LogP contribution in [0.5, 0.6) is 0 Å². The zero-order valence-electron chi connectivity index (χ0n) is 11.5. The molecule has 0 saturated heterocycles. The molecule has 0 amide bonds. The van der Waals surface area contributed by atoms with Crippen LogP contribution in [0.3, 0.4) is 0 Å². The van der Waals surface area contributed by atoms with Crippen LogP contribution in [0, 0.1) is 12.7 Å². The Morgan fingerprint density at radius 2 is 1.63 bits per heavy atom. The van der Waals surface area contributed by atoms with Crippen LogP contribution < -0.4 is 5.32 Å². The van der Waals surface area contributed by atoms with Crippen molar-refractivity contribution in [3.05, 3.63) is 70.5 Å². The summed E-state index contributed by atoms with van der Waals surface area (Å²) in [5.41, 5.74) is 4.75. The average molecular weight is 257 g/mol. The molecular formula is C17H20FN. The highest BCUT2D eigenvalue weighted by Crippen LogP contribution is 2.10. The van der Waals surface area contributed by atoms with E-state index in [4.69, 9.17) is 0 Å². The van der Waals surface area contributed by atoms with Gasteiger partial charge in [0, 0.05) is 13.1 Å². The maximum absolute atomic E-state index is 13.2. The van der Waals surface area contributed by atoms with Gasteiger partial charge in [0.25, 0.3) is 0 Å². The molecule has 19 heavy (non-hydrogen) atoms. The second-order valence-corrected chi connectivity index (χ2v) is 4.84. The Morgan fingerprint density at radius 3 is 2.32 bits per heavy atom. The molecule has 1 nitrogen and oxygen atoms in total. The molecule has 2 heteroatoms. The van der Waals surface area contributed by atoms with Gasteiger partial charge in [-0.15, -0.1) is 0 Å². The summed E-state index contributed by atoms with van der Waals surface area (Å²) in [6.45, 7) is 5.66. The van der Waals surface area contributed by atoms with E-state index in [2.05, 4.69) is 36.5 Å². The van der Waals surface area contributed by atoms with Gasteiger partial charge in [-0.1, -0.05) is 37.3 Å². The lowest BCUT2D eigenvalue weighted by Gasteiger charge is -2.08. The number of hydrogen-bond donors (Lipinski definition) is 1. The highest BCUT2D eigenvalue weighted by Gasteiger charge is 2.00. The molecule has 2 rings (SSSR count). The highest BCUT2D eigenvalue weighted by molar-refractivity contribution is 5.27. The van der Waals surface area contributed by atoms with Crippen molar-refractivity contribution in [2.45, 2.75) is 33.4 Å². The van der Waals surface area contributed by atoms with Crippen LogP contribution in [0.2, 0.25) is 0 Å². The third kappa shape index (κ3) is 3.90. The minimum atomic E-state index is -0.172. The lowest BCUT2D eigenvalue weighted by atomic mass is 10.1. The number of hydrogen-bond acceptors (Lipinski definition) is 1. The molecule has 100 valence electrons. The Kier molecular flexibility index (Phi) is 4.69. The maximum Gasteiger partial charge on any atom is 0.123 e. The molecule has 0 fully saturated rings. The van der Waals surface area contributed by atoms with Crippen molar-refractivity contribution in [2.75, 3.05) is 0 Å². The number of halogens is 1. The van der Waals surface area contributed by atoms with Gasteiger partial charge in [0.2, 0.25) is 0 Å². The van der Waals surface area contributed by atoms with Gasteiger partial charge >= 0.3 is 0 Å². The SMILES string of the molecule is CCc1ccc(CNCc2cc(F)ccc2C)cc1. The monoisotopic (exact) mass is 257 g/mol. The van der Waals surface area contributed by atoms with E-state index in [9.17, 15) is 4.39 Å². The molecule has 2 aromatic rings. The Hall–Kier alpha value is -1.67.